The maximum atomic E-state index is 11.3. The Balaban J connectivity index is 0.00000289. The van der Waals surface area contributed by atoms with Crippen molar-refractivity contribution in [3.63, 3.8) is 0 Å². The van der Waals surface area contributed by atoms with Gasteiger partial charge in [0.05, 0.1) is 23.0 Å². The largest absolute Gasteiger partial charge is 0.481 e. The molecule has 168 valence electrons. The fraction of sp³-hybridized carbons (Fsp3) is 0.320. The molecule has 0 fully saturated rings. The molecule has 1 unspecified atom stereocenters. The lowest BCUT2D eigenvalue weighted by molar-refractivity contribution is -0.138. The zero-order valence-corrected chi connectivity index (χ0v) is 18.9. The van der Waals surface area contributed by atoms with E-state index < -0.39 is 11.9 Å². The molecule has 0 spiro atoms. The summed E-state index contributed by atoms with van der Waals surface area (Å²) >= 11 is 0. The smallest absolute Gasteiger partial charge is 0.312 e. The lowest BCUT2D eigenvalue weighted by Gasteiger charge is -2.33. The van der Waals surface area contributed by atoms with Crippen LogP contribution in [0.1, 0.15) is 41.4 Å². The van der Waals surface area contributed by atoms with Crippen LogP contribution in [-0.2, 0) is 17.6 Å². The number of carboxylic acids is 1. The van der Waals surface area contributed by atoms with E-state index in [9.17, 15) is 9.90 Å². The number of rotatable bonds is 8. The molecule has 1 aromatic carbocycles. The van der Waals surface area contributed by atoms with Gasteiger partial charge in [0.25, 0.3) is 0 Å². The number of carboxylic acid groups (broad SMARTS) is 1. The van der Waals surface area contributed by atoms with Crippen LogP contribution in [0.25, 0.3) is 0 Å². The van der Waals surface area contributed by atoms with E-state index in [2.05, 4.69) is 50.9 Å². The topological polar surface area (TPSA) is 87.1 Å². The number of aliphatic carboxylic acids is 1. The van der Waals surface area contributed by atoms with Crippen molar-refractivity contribution >= 4 is 24.1 Å². The van der Waals surface area contributed by atoms with E-state index in [0.717, 1.165) is 42.9 Å². The average molecular weight is 453 g/mol. The molecule has 1 aliphatic heterocycles. The Morgan fingerprint density at radius 2 is 1.97 bits per heavy atom. The number of anilines is 1. The van der Waals surface area contributed by atoms with Gasteiger partial charge in [-0.2, -0.15) is 0 Å². The Morgan fingerprint density at radius 1 is 1.16 bits per heavy atom. The molecular formula is C25H29ClN4O2. The molecule has 0 saturated carbocycles. The second-order valence-corrected chi connectivity index (χ2v) is 8.08. The summed E-state index contributed by atoms with van der Waals surface area (Å²) in [7, 11) is 0. The first-order chi connectivity index (χ1) is 15.1. The van der Waals surface area contributed by atoms with Gasteiger partial charge >= 0.3 is 5.97 Å². The van der Waals surface area contributed by atoms with Crippen molar-refractivity contribution in [1.29, 1.82) is 0 Å². The third-order valence-electron chi connectivity index (χ3n) is 5.97. The van der Waals surface area contributed by atoms with E-state index in [1.165, 1.54) is 5.56 Å². The Kier molecular flexibility index (Phi) is 8.20. The monoisotopic (exact) mass is 452 g/mol. The Morgan fingerprint density at radius 3 is 2.75 bits per heavy atom. The van der Waals surface area contributed by atoms with E-state index in [-0.39, 0.29) is 18.4 Å². The molecule has 0 bridgehead atoms. The molecule has 3 N–H and O–H groups in total. The maximum Gasteiger partial charge on any atom is 0.312 e. The molecule has 0 saturated heterocycles. The number of nitrogens with one attached hydrogen (secondary N) is 2. The van der Waals surface area contributed by atoms with Crippen LogP contribution < -0.4 is 10.6 Å². The minimum Gasteiger partial charge on any atom is -0.481 e. The number of carbonyl (C=O) groups is 1. The highest BCUT2D eigenvalue weighted by Gasteiger charge is 2.27. The van der Waals surface area contributed by atoms with Crippen molar-refractivity contribution in [2.75, 3.05) is 18.4 Å². The van der Waals surface area contributed by atoms with Gasteiger partial charge in [0.15, 0.2) is 0 Å². The highest BCUT2D eigenvalue weighted by atomic mass is 35.5. The Bertz CT molecular complexity index is 1030. The summed E-state index contributed by atoms with van der Waals surface area (Å²) in [6.45, 7) is 3.34. The van der Waals surface area contributed by atoms with Gasteiger partial charge in [0, 0.05) is 30.9 Å². The first-order valence-electron chi connectivity index (χ1n) is 10.8. The standard InChI is InChI=1S/C25H28N4O2.ClH/c1-17(25(30)31)22-14-18(9-12-27-22)10-13-28-24(19-6-3-2-4-7-19)20-15-23-21(29-16-20)8-5-11-26-23;/h2-9,11-12,14,17,20,24,28-29H,10,13,15-16H2,1H3,(H,30,31);1H/t17?,20-,24-;/m1./s1. The van der Waals surface area contributed by atoms with E-state index in [0.29, 0.717) is 11.6 Å². The number of hydrogen-bond donors (Lipinski definition) is 3. The van der Waals surface area contributed by atoms with E-state index in [4.69, 9.17) is 0 Å². The predicted molar refractivity (Wildman–Crippen MR) is 128 cm³/mol. The minimum atomic E-state index is -0.856. The Hall–Kier alpha value is -2.96. The molecule has 0 amide bonds. The highest BCUT2D eigenvalue weighted by molar-refractivity contribution is 5.85. The lowest BCUT2D eigenvalue weighted by atomic mass is 9.86. The molecule has 3 heterocycles. The minimum absolute atomic E-state index is 0. The maximum absolute atomic E-state index is 11.3. The summed E-state index contributed by atoms with van der Waals surface area (Å²) < 4.78 is 0. The van der Waals surface area contributed by atoms with Gasteiger partial charge in [-0.3, -0.25) is 14.8 Å². The summed E-state index contributed by atoms with van der Waals surface area (Å²) in [4.78, 5) is 20.1. The SMILES string of the molecule is CC(C(=O)O)c1cc(CCN[C@H](c2ccccc2)[C@H]2CNc3cccnc3C2)ccn1.Cl. The molecule has 3 atom stereocenters. The van der Waals surface area contributed by atoms with Gasteiger partial charge in [0.1, 0.15) is 0 Å². The van der Waals surface area contributed by atoms with Crippen LogP contribution in [0.5, 0.6) is 0 Å². The van der Waals surface area contributed by atoms with Crippen molar-refractivity contribution in [3.05, 3.63) is 89.5 Å². The quantitative estimate of drug-likeness (QED) is 0.473. The van der Waals surface area contributed by atoms with Crippen LogP contribution in [-0.4, -0.2) is 34.1 Å². The van der Waals surface area contributed by atoms with Gasteiger partial charge in [-0.15, -0.1) is 12.4 Å². The fourth-order valence-corrected chi connectivity index (χ4v) is 4.16. The summed E-state index contributed by atoms with van der Waals surface area (Å²) in [5.74, 6) is -1.08. The molecule has 3 aromatic rings. The fourth-order valence-electron chi connectivity index (χ4n) is 4.16. The van der Waals surface area contributed by atoms with Gasteiger partial charge in [-0.25, -0.2) is 0 Å². The zero-order chi connectivity index (χ0) is 21.6. The molecule has 0 radical (unpaired) electrons. The number of halogens is 1. The van der Waals surface area contributed by atoms with Crippen LogP contribution in [0.15, 0.2) is 67.0 Å². The summed E-state index contributed by atoms with van der Waals surface area (Å²) in [6, 6.07) is 18.6. The molecule has 0 aliphatic carbocycles. The highest BCUT2D eigenvalue weighted by Crippen LogP contribution is 2.31. The van der Waals surface area contributed by atoms with Gasteiger partial charge in [-0.05, 0) is 61.7 Å². The molecule has 2 aromatic heterocycles. The van der Waals surface area contributed by atoms with Crippen LogP contribution in [0.4, 0.5) is 5.69 Å². The first-order valence-corrected chi connectivity index (χ1v) is 10.8. The summed E-state index contributed by atoms with van der Waals surface area (Å²) in [5.41, 5.74) is 5.20. The third kappa shape index (κ3) is 5.64. The van der Waals surface area contributed by atoms with E-state index >= 15 is 0 Å². The normalized spacial score (nSPS) is 16.7. The molecule has 32 heavy (non-hydrogen) atoms. The number of nitrogens with zero attached hydrogens (tertiary/aromatic N) is 2. The van der Waals surface area contributed by atoms with Crippen molar-refractivity contribution in [1.82, 2.24) is 15.3 Å². The Labute approximate surface area is 194 Å². The van der Waals surface area contributed by atoms with E-state index in [1.807, 2.05) is 30.5 Å². The van der Waals surface area contributed by atoms with Crippen LogP contribution in [0, 0.1) is 5.92 Å². The number of aromatic nitrogens is 2. The van der Waals surface area contributed by atoms with Crippen molar-refractivity contribution in [2.24, 2.45) is 5.92 Å². The molecule has 7 heteroatoms. The first kappa shape index (κ1) is 23.7. The number of hydrogen-bond acceptors (Lipinski definition) is 5. The summed E-state index contributed by atoms with van der Waals surface area (Å²) in [5, 5.41) is 16.5. The number of pyridine rings is 2. The zero-order valence-electron chi connectivity index (χ0n) is 18.1. The molecular weight excluding hydrogens is 424 g/mol. The van der Waals surface area contributed by atoms with Crippen molar-refractivity contribution in [2.45, 2.75) is 31.7 Å². The van der Waals surface area contributed by atoms with Crippen LogP contribution >= 0.6 is 12.4 Å². The average Bonchev–Trinajstić information content (AvgIpc) is 2.82. The predicted octanol–water partition coefficient (Wildman–Crippen LogP) is 4.24. The number of fused-ring (bicyclic) bond motifs is 1. The third-order valence-corrected chi connectivity index (χ3v) is 5.97. The second kappa shape index (κ2) is 11.1. The van der Waals surface area contributed by atoms with Crippen molar-refractivity contribution < 1.29 is 9.90 Å². The molecule has 1 aliphatic rings. The van der Waals surface area contributed by atoms with Gasteiger partial charge < -0.3 is 15.7 Å². The van der Waals surface area contributed by atoms with E-state index in [1.54, 1.807) is 13.1 Å². The molecule has 6 nitrogen and oxygen atoms in total. The van der Waals surface area contributed by atoms with Gasteiger partial charge in [0.2, 0.25) is 0 Å². The lowest BCUT2D eigenvalue weighted by Crippen LogP contribution is -2.37. The van der Waals surface area contributed by atoms with Crippen LogP contribution in [0.3, 0.4) is 0 Å². The second-order valence-electron chi connectivity index (χ2n) is 8.08. The van der Waals surface area contributed by atoms with Crippen LogP contribution in [0.2, 0.25) is 0 Å². The number of benzene rings is 1. The summed E-state index contributed by atoms with van der Waals surface area (Å²) in [6.07, 6.45) is 5.28. The molecule has 4 rings (SSSR count). The van der Waals surface area contributed by atoms with Crippen molar-refractivity contribution in [3.8, 4) is 0 Å². The van der Waals surface area contributed by atoms with Gasteiger partial charge in [-0.1, -0.05) is 30.3 Å².